The van der Waals surface area contributed by atoms with Gasteiger partial charge in [0.15, 0.2) is 5.76 Å². The minimum absolute atomic E-state index is 0.276. The highest BCUT2D eigenvalue weighted by Gasteiger charge is 2.11. The number of hydrogen-bond acceptors (Lipinski definition) is 5. The Morgan fingerprint density at radius 1 is 1.44 bits per heavy atom. The van der Waals surface area contributed by atoms with Crippen molar-refractivity contribution in [2.24, 2.45) is 0 Å². The number of aryl methyl sites for hydroxylation is 1. The van der Waals surface area contributed by atoms with Gasteiger partial charge in [0.05, 0.1) is 6.26 Å². The van der Waals surface area contributed by atoms with E-state index in [9.17, 15) is 4.79 Å². The van der Waals surface area contributed by atoms with Crippen molar-refractivity contribution in [3.05, 3.63) is 29.2 Å². The Morgan fingerprint density at radius 3 is 3.06 bits per heavy atom. The van der Waals surface area contributed by atoms with Gasteiger partial charge in [-0.25, -0.2) is 0 Å². The summed E-state index contributed by atoms with van der Waals surface area (Å²) in [6.07, 6.45) is 5.86. The summed E-state index contributed by atoms with van der Waals surface area (Å²) in [6.45, 7) is 2.16. The second kappa shape index (κ2) is 6.30. The Bertz CT molecular complexity index is 493. The molecule has 0 saturated heterocycles. The van der Waals surface area contributed by atoms with E-state index in [1.807, 2.05) is 0 Å². The highest BCUT2D eigenvalue weighted by molar-refractivity contribution is 7.15. The van der Waals surface area contributed by atoms with E-state index in [0.717, 1.165) is 17.8 Å². The van der Waals surface area contributed by atoms with Crippen LogP contribution in [0.1, 0.15) is 41.7 Å². The smallest absolute Gasteiger partial charge is 0.293 e. The molecule has 2 aromatic rings. The first-order valence-electron chi connectivity index (χ1n) is 5.97. The molecule has 0 fully saturated rings. The van der Waals surface area contributed by atoms with Crippen molar-refractivity contribution in [1.29, 1.82) is 0 Å². The first-order valence-corrected chi connectivity index (χ1v) is 6.78. The van der Waals surface area contributed by atoms with Gasteiger partial charge in [0.2, 0.25) is 5.13 Å². The summed E-state index contributed by atoms with van der Waals surface area (Å²) < 4.78 is 5.00. The second-order valence-electron chi connectivity index (χ2n) is 3.89. The fourth-order valence-corrected chi connectivity index (χ4v) is 2.27. The first kappa shape index (κ1) is 12.8. The van der Waals surface area contributed by atoms with Crippen LogP contribution in [0.15, 0.2) is 22.8 Å². The van der Waals surface area contributed by atoms with Gasteiger partial charge in [-0.05, 0) is 18.6 Å². The summed E-state index contributed by atoms with van der Waals surface area (Å²) in [5.74, 6) is -0.0195. The number of carbonyl (C=O) groups excluding carboxylic acids is 1. The third-order valence-electron chi connectivity index (χ3n) is 2.43. The van der Waals surface area contributed by atoms with Crippen LogP contribution < -0.4 is 5.32 Å². The van der Waals surface area contributed by atoms with Crippen molar-refractivity contribution >= 4 is 22.4 Å². The van der Waals surface area contributed by atoms with Crippen molar-refractivity contribution in [3.8, 4) is 0 Å². The van der Waals surface area contributed by atoms with Crippen LogP contribution in [0.5, 0.6) is 0 Å². The Balaban J connectivity index is 1.88. The standard InChI is InChI=1S/C12H15N3O2S/c1-2-3-4-7-10-14-15-12(18-10)13-11(16)9-6-5-8-17-9/h5-6,8H,2-4,7H2,1H3,(H,13,15,16). The van der Waals surface area contributed by atoms with E-state index < -0.39 is 0 Å². The fraction of sp³-hybridized carbons (Fsp3) is 0.417. The van der Waals surface area contributed by atoms with Crippen LogP contribution in [0.4, 0.5) is 5.13 Å². The molecule has 0 aromatic carbocycles. The number of carbonyl (C=O) groups is 1. The zero-order valence-corrected chi connectivity index (χ0v) is 11.0. The summed E-state index contributed by atoms with van der Waals surface area (Å²) in [4.78, 5) is 11.7. The monoisotopic (exact) mass is 265 g/mol. The summed E-state index contributed by atoms with van der Waals surface area (Å²) in [5, 5.41) is 12.1. The molecule has 1 amide bonds. The number of nitrogens with one attached hydrogen (secondary N) is 1. The van der Waals surface area contributed by atoms with Gasteiger partial charge in [0.1, 0.15) is 5.01 Å². The van der Waals surface area contributed by atoms with Crippen LogP contribution in [0.3, 0.4) is 0 Å². The Hall–Kier alpha value is -1.69. The first-order chi connectivity index (χ1) is 8.79. The molecule has 0 atom stereocenters. The van der Waals surface area contributed by atoms with E-state index >= 15 is 0 Å². The number of anilines is 1. The number of rotatable bonds is 6. The molecule has 2 rings (SSSR count). The third kappa shape index (κ3) is 3.40. The van der Waals surface area contributed by atoms with E-state index in [0.29, 0.717) is 5.13 Å². The molecule has 0 bridgehead atoms. The SMILES string of the molecule is CCCCCc1nnc(NC(=O)c2ccco2)s1. The van der Waals surface area contributed by atoms with Gasteiger partial charge in [0, 0.05) is 6.42 Å². The molecule has 0 radical (unpaired) electrons. The predicted octanol–water partition coefficient (Wildman–Crippen LogP) is 3.12. The zero-order chi connectivity index (χ0) is 12.8. The maximum Gasteiger partial charge on any atom is 0.293 e. The van der Waals surface area contributed by atoms with Crippen molar-refractivity contribution in [2.45, 2.75) is 32.6 Å². The Kier molecular flexibility index (Phi) is 4.46. The number of furan rings is 1. The molecule has 0 aliphatic heterocycles. The molecule has 18 heavy (non-hydrogen) atoms. The van der Waals surface area contributed by atoms with Crippen molar-refractivity contribution in [1.82, 2.24) is 10.2 Å². The molecule has 0 aliphatic rings. The van der Waals surface area contributed by atoms with Crippen LogP contribution >= 0.6 is 11.3 Å². The molecular weight excluding hydrogens is 250 g/mol. The largest absolute Gasteiger partial charge is 0.459 e. The molecule has 0 unspecified atom stereocenters. The molecule has 96 valence electrons. The zero-order valence-electron chi connectivity index (χ0n) is 10.2. The van der Waals surface area contributed by atoms with Crippen LogP contribution in [0, 0.1) is 0 Å². The summed E-state index contributed by atoms with van der Waals surface area (Å²) in [5.41, 5.74) is 0. The highest BCUT2D eigenvalue weighted by atomic mass is 32.1. The number of nitrogens with zero attached hydrogens (tertiary/aromatic N) is 2. The minimum Gasteiger partial charge on any atom is -0.459 e. The predicted molar refractivity (Wildman–Crippen MR) is 69.8 cm³/mol. The molecule has 0 aliphatic carbocycles. The Labute approximate surface area is 109 Å². The maximum atomic E-state index is 11.7. The molecular formula is C12H15N3O2S. The van der Waals surface area contributed by atoms with E-state index in [1.54, 1.807) is 12.1 Å². The lowest BCUT2D eigenvalue weighted by Crippen LogP contribution is -2.10. The lowest BCUT2D eigenvalue weighted by atomic mass is 10.2. The normalized spacial score (nSPS) is 10.5. The van der Waals surface area contributed by atoms with Crippen molar-refractivity contribution in [3.63, 3.8) is 0 Å². The van der Waals surface area contributed by atoms with Gasteiger partial charge < -0.3 is 4.42 Å². The van der Waals surface area contributed by atoms with E-state index in [1.165, 1.54) is 30.4 Å². The lowest BCUT2D eigenvalue weighted by Gasteiger charge is -1.96. The third-order valence-corrected chi connectivity index (χ3v) is 3.32. The van der Waals surface area contributed by atoms with E-state index in [2.05, 4.69) is 22.4 Å². The lowest BCUT2D eigenvalue weighted by molar-refractivity contribution is 0.0996. The minimum atomic E-state index is -0.295. The van der Waals surface area contributed by atoms with Crippen LogP contribution in [0.25, 0.3) is 0 Å². The average Bonchev–Trinajstić information content (AvgIpc) is 3.00. The molecule has 5 nitrogen and oxygen atoms in total. The van der Waals surface area contributed by atoms with E-state index in [-0.39, 0.29) is 11.7 Å². The highest BCUT2D eigenvalue weighted by Crippen LogP contribution is 2.18. The molecule has 0 spiro atoms. The maximum absolute atomic E-state index is 11.7. The van der Waals surface area contributed by atoms with E-state index in [4.69, 9.17) is 4.42 Å². The second-order valence-corrected chi connectivity index (χ2v) is 4.95. The molecule has 1 N–H and O–H groups in total. The van der Waals surface area contributed by atoms with Gasteiger partial charge in [-0.1, -0.05) is 31.1 Å². The quantitative estimate of drug-likeness (QED) is 0.815. The number of unbranched alkanes of at least 4 members (excludes halogenated alkanes) is 2. The van der Waals surface area contributed by atoms with Gasteiger partial charge in [-0.15, -0.1) is 10.2 Å². The van der Waals surface area contributed by atoms with Crippen LogP contribution in [-0.2, 0) is 6.42 Å². The molecule has 2 heterocycles. The van der Waals surface area contributed by atoms with Gasteiger partial charge in [0.25, 0.3) is 5.91 Å². The topological polar surface area (TPSA) is 68.0 Å². The molecule has 6 heteroatoms. The fourth-order valence-electron chi connectivity index (χ4n) is 1.50. The molecule has 2 aromatic heterocycles. The summed E-state index contributed by atoms with van der Waals surface area (Å²) in [6, 6.07) is 3.28. The van der Waals surface area contributed by atoms with Crippen molar-refractivity contribution in [2.75, 3.05) is 5.32 Å². The van der Waals surface area contributed by atoms with Gasteiger partial charge in [-0.2, -0.15) is 0 Å². The number of amides is 1. The van der Waals surface area contributed by atoms with Gasteiger partial charge >= 0.3 is 0 Å². The summed E-state index contributed by atoms with van der Waals surface area (Å²) in [7, 11) is 0. The average molecular weight is 265 g/mol. The number of aromatic nitrogens is 2. The number of hydrogen-bond donors (Lipinski definition) is 1. The Morgan fingerprint density at radius 2 is 2.33 bits per heavy atom. The van der Waals surface area contributed by atoms with Crippen LogP contribution in [-0.4, -0.2) is 16.1 Å². The van der Waals surface area contributed by atoms with Gasteiger partial charge in [-0.3, -0.25) is 10.1 Å². The van der Waals surface area contributed by atoms with Crippen molar-refractivity contribution < 1.29 is 9.21 Å². The molecule has 0 saturated carbocycles. The van der Waals surface area contributed by atoms with Crippen LogP contribution in [0.2, 0.25) is 0 Å². The summed E-state index contributed by atoms with van der Waals surface area (Å²) >= 11 is 1.41.